The van der Waals surface area contributed by atoms with Crippen LogP contribution in [0.4, 0.5) is 4.39 Å². The number of rotatable bonds is 8. The number of halogens is 1. The molecule has 0 bridgehead atoms. The van der Waals surface area contributed by atoms with Gasteiger partial charge in [0.25, 0.3) is 0 Å². The predicted molar refractivity (Wildman–Crippen MR) is 103 cm³/mol. The third kappa shape index (κ3) is 5.43. The zero-order valence-electron chi connectivity index (χ0n) is 15.9. The van der Waals surface area contributed by atoms with E-state index in [0.29, 0.717) is 0 Å². The normalized spacial score (nSPS) is 12.1. The highest BCUT2D eigenvalue weighted by Gasteiger charge is 2.15. The number of carbonyl (C=O) groups is 1. The molecule has 0 spiro atoms. The SMILES string of the molecule is CN(C)CCC(NC(=O)Cc1ccc(-n2cnnn2)cc1)c1ccc(F)cc1. The molecule has 1 aromatic heterocycles. The van der Waals surface area contributed by atoms with Gasteiger partial charge in [0.2, 0.25) is 5.91 Å². The van der Waals surface area contributed by atoms with Crippen LogP contribution < -0.4 is 5.32 Å². The summed E-state index contributed by atoms with van der Waals surface area (Å²) in [6.45, 7) is 0.808. The van der Waals surface area contributed by atoms with E-state index in [1.54, 1.807) is 16.8 Å². The molecule has 1 unspecified atom stereocenters. The highest BCUT2D eigenvalue weighted by atomic mass is 19.1. The molecule has 1 heterocycles. The summed E-state index contributed by atoms with van der Waals surface area (Å²) in [5.41, 5.74) is 2.61. The second-order valence-corrected chi connectivity index (χ2v) is 6.86. The van der Waals surface area contributed by atoms with Crippen LogP contribution in [0.15, 0.2) is 54.9 Å². The molecule has 8 heteroatoms. The van der Waals surface area contributed by atoms with Crippen molar-refractivity contribution in [2.45, 2.75) is 18.9 Å². The van der Waals surface area contributed by atoms with E-state index in [9.17, 15) is 9.18 Å². The first-order valence-corrected chi connectivity index (χ1v) is 9.03. The lowest BCUT2D eigenvalue weighted by Gasteiger charge is -2.21. The molecule has 0 saturated carbocycles. The van der Waals surface area contributed by atoms with Crippen LogP contribution >= 0.6 is 0 Å². The Bertz CT molecular complexity index is 878. The molecule has 0 aliphatic carbocycles. The fourth-order valence-corrected chi connectivity index (χ4v) is 2.88. The number of hydrogen-bond acceptors (Lipinski definition) is 5. The van der Waals surface area contributed by atoms with Crippen LogP contribution in [0.3, 0.4) is 0 Å². The largest absolute Gasteiger partial charge is 0.349 e. The number of amides is 1. The van der Waals surface area contributed by atoms with Crippen LogP contribution in [-0.2, 0) is 11.2 Å². The van der Waals surface area contributed by atoms with Crippen molar-refractivity contribution in [1.82, 2.24) is 30.4 Å². The second-order valence-electron chi connectivity index (χ2n) is 6.86. The molecule has 0 aliphatic rings. The number of benzene rings is 2. The number of nitrogens with one attached hydrogen (secondary N) is 1. The molecule has 1 amide bonds. The van der Waals surface area contributed by atoms with Crippen LogP contribution in [0.5, 0.6) is 0 Å². The minimum absolute atomic E-state index is 0.0803. The summed E-state index contributed by atoms with van der Waals surface area (Å²) < 4.78 is 14.8. The molecule has 1 atom stereocenters. The summed E-state index contributed by atoms with van der Waals surface area (Å²) in [6, 6.07) is 13.6. The van der Waals surface area contributed by atoms with Gasteiger partial charge >= 0.3 is 0 Å². The molecule has 0 radical (unpaired) electrons. The fourth-order valence-electron chi connectivity index (χ4n) is 2.88. The van der Waals surface area contributed by atoms with Crippen LogP contribution in [0.25, 0.3) is 5.69 Å². The Morgan fingerprint density at radius 2 is 1.86 bits per heavy atom. The molecular weight excluding hydrogens is 359 g/mol. The van der Waals surface area contributed by atoms with E-state index in [0.717, 1.165) is 29.8 Å². The van der Waals surface area contributed by atoms with Gasteiger partial charge in [0, 0.05) is 0 Å². The number of tetrazole rings is 1. The summed E-state index contributed by atoms with van der Waals surface area (Å²) in [7, 11) is 3.96. The maximum Gasteiger partial charge on any atom is 0.224 e. The predicted octanol–water partition coefficient (Wildman–Crippen LogP) is 2.15. The molecule has 3 rings (SSSR count). The number of aromatic nitrogens is 4. The summed E-state index contributed by atoms with van der Waals surface area (Å²) in [5.74, 6) is -0.368. The quantitative estimate of drug-likeness (QED) is 0.646. The molecule has 0 aliphatic heterocycles. The van der Waals surface area contributed by atoms with Gasteiger partial charge in [-0.15, -0.1) is 5.10 Å². The lowest BCUT2D eigenvalue weighted by atomic mass is 10.0. The third-order valence-corrected chi connectivity index (χ3v) is 4.39. The third-order valence-electron chi connectivity index (χ3n) is 4.39. The summed E-state index contributed by atoms with van der Waals surface area (Å²) in [4.78, 5) is 14.6. The molecule has 2 aromatic carbocycles. The van der Waals surface area contributed by atoms with Crippen molar-refractivity contribution in [3.05, 3.63) is 71.8 Å². The van der Waals surface area contributed by atoms with Gasteiger partial charge < -0.3 is 10.2 Å². The van der Waals surface area contributed by atoms with E-state index in [4.69, 9.17) is 0 Å². The molecular formula is C20H23FN6O. The maximum atomic E-state index is 13.2. The average Bonchev–Trinajstić information content (AvgIpc) is 3.21. The highest BCUT2D eigenvalue weighted by molar-refractivity contribution is 5.79. The summed E-state index contributed by atoms with van der Waals surface area (Å²) >= 11 is 0. The number of carbonyl (C=O) groups excluding carboxylic acids is 1. The monoisotopic (exact) mass is 382 g/mol. The van der Waals surface area contributed by atoms with Crippen molar-refractivity contribution < 1.29 is 9.18 Å². The van der Waals surface area contributed by atoms with Crippen molar-refractivity contribution in [2.75, 3.05) is 20.6 Å². The average molecular weight is 382 g/mol. The lowest BCUT2D eigenvalue weighted by Crippen LogP contribution is -2.32. The van der Waals surface area contributed by atoms with Gasteiger partial charge in [-0.05, 0) is 72.9 Å². The molecule has 1 N–H and O–H groups in total. The topological polar surface area (TPSA) is 75.9 Å². The Morgan fingerprint density at radius 1 is 1.14 bits per heavy atom. The van der Waals surface area contributed by atoms with Gasteiger partial charge in [-0.25, -0.2) is 9.07 Å². The highest BCUT2D eigenvalue weighted by Crippen LogP contribution is 2.18. The first-order valence-electron chi connectivity index (χ1n) is 9.03. The van der Waals surface area contributed by atoms with Crippen molar-refractivity contribution in [1.29, 1.82) is 0 Å². The molecule has 3 aromatic rings. The smallest absolute Gasteiger partial charge is 0.224 e. The Hall–Kier alpha value is -3.13. The van der Waals surface area contributed by atoms with Gasteiger partial charge in [0.05, 0.1) is 18.2 Å². The van der Waals surface area contributed by atoms with Gasteiger partial charge in [-0.1, -0.05) is 24.3 Å². The van der Waals surface area contributed by atoms with Crippen LogP contribution in [0.2, 0.25) is 0 Å². The molecule has 0 fully saturated rings. The Morgan fingerprint density at radius 3 is 2.46 bits per heavy atom. The van der Waals surface area contributed by atoms with Crippen molar-refractivity contribution >= 4 is 5.91 Å². The van der Waals surface area contributed by atoms with E-state index >= 15 is 0 Å². The van der Waals surface area contributed by atoms with Gasteiger partial charge in [-0.2, -0.15) is 0 Å². The lowest BCUT2D eigenvalue weighted by molar-refractivity contribution is -0.121. The van der Waals surface area contributed by atoms with Crippen molar-refractivity contribution in [3.63, 3.8) is 0 Å². The van der Waals surface area contributed by atoms with E-state index in [1.807, 2.05) is 38.4 Å². The molecule has 28 heavy (non-hydrogen) atoms. The van der Waals surface area contributed by atoms with Gasteiger partial charge in [0.1, 0.15) is 12.1 Å². The van der Waals surface area contributed by atoms with Gasteiger partial charge in [0.15, 0.2) is 0 Å². The first kappa shape index (κ1) is 19.6. The molecule has 0 saturated heterocycles. The van der Waals surface area contributed by atoms with Crippen LogP contribution in [-0.4, -0.2) is 51.7 Å². The van der Waals surface area contributed by atoms with E-state index in [2.05, 4.69) is 25.7 Å². The van der Waals surface area contributed by atoms with Crippen molar-refractivity contribution in [2.24, 2.45) is 0 Å². The standard InChI is InChI=1S/C20H23FN6O/c1-26(2)12-11-19(16-5-7-17(21)8-6-16)23-20(28)13-15-3-9-18(10-4-15)27-14-22-24-25-27/h3-10,14,19H,11-13H2,1-2H3,(H,23,28). The van der Waals surface area contributed by atoms with Crippen LogP contribution in [0, 0.1) is 5.82 Å². The van der Waals surface area contributed by atoms with Crippen molar-refractivity contribution in [3.8, 4) is 5.69 Å². The maximum absolute atomic E-state index is 13.2. The molecule has 146 valence electrons. The minimum atomic E-state index is -0.288. The Labute approximate surface area is 163 Å². The van der Waals surface area contributed by atoms with E-state index < -0.39 is 0 Å². The fraction of sp³-hybridized carbons (Fsp3) is 0.300. The minimum Gasteiger partial charge on any atom is -0.349 e. The number of hydrogen-bond donors (Lipinski definition) is 1. The summed E-state index contributed by atoms with van der Waals surface area (Å²) in [5, 5.41) is 14.1. The zero-order chi connectivity index (χ0) is 19.9. The molecule has 7 nitrogen and oxygen atoms in total. The summed E-state index contributed by atoms with van der Waals surface area (Å²) in [6.07, 6.45) is 2.51. The Kier molecular flexibility index (Phi) is 6.44. The van der Waals surface area contributed by atoms with E-state index in [1.165, 1.54) is 18.5 Å². The number of nitrogens with zero attached hydrogens (tertiary/aromatic N) is 5. The first-order chi connectivity index (χ1) is 13.5. The zero-order valence-corrected chi connectivity index (χ0v) is 15.9. The van der Waals surface area contributed by atoms with Gasteiger partial charge in [-0.3, -0.25) is 4.79 Å². The second kappa shape index (κ2) is 9.18. The Balaban J connectivity index is 1.64. The van der Waals surface area contributed by atoms with Crippen LogP contribution in [0.1, 0.15) is 23.6 Å². The van der Waals surface area contributed by atoms with E-state index in [-0.39, 0.29) is 24.2 Å².